The third-order valence-corrected chi connectivity index (χ3v) is 5.57. The molecule has 0 bridgehead atoms. The monoisotopic (exact) mass is 370 g/mol. The molecular weight excluding hydrogens is 352 g/mol. The molecule has 5 rings (SSSR count). The van der Waals surface area contributed by atoms with Gasteiger partial charge in [-0.25, -0.2) is 4.98 Å². The Morgan fingerprint density at radius 1 is 1.07 bits per heavy atom. The number of rotatable bonds is 4. The van der Waals surface area contributed by atoms with Crippen molar-refractivity contribution >= 4 is 11.6 Å². The van der Waals surface area contributed by atoms with E-state index >= 15 is 0 Å². The summed E-state index contributed by atoms with van der Waals surface area (Å²) in [5.74, 6) is 0.757. The largest absolute Gasteiger partial charge is 0.388 e. The maximum atomic E-state index is 12.2. The van der Waals surface area contributed by atoms with Gasteiger partial charge in [-0.2, -0.15) is 0 Å². The van der Waals surface area contributed by atoms with Gasteiger partial charge in [0.1, 0.15) is 5.75 Å². The molecule has 3 aromatic rings. The van der Waals surface area contributed by atoms with Crippen LogP contribution in [0.2, 0.25) is 0 Å². The summed E-state index contributed by atoms with van der Waals surface area (Å²) in [5, 5.41) is 8.71. The van der Waals surface area contributed by atoms with E-state index in [2.05, 4.69) is 21.7 Å². The Balaban J connectivity index is 1.62. The summed E-state index contributed by atoms with van der Waals surface area (Å²) >= 11 is 0. The van der Waals surface area contributed by atoms with E-state index in [1.807, 2.05) is 29.6 Å². The second kappa shape index (κ2) is 6.54. The minimum absolute atomic E-state index is 0.0353. The number of imidazole rings is 1. The summed E-state index contributed by atoms with van der Waals surface area (Å²) in [4.78, 5) is 18.4. The van der Waals surface area contributed by atoms with Crippen molar-refractivity contribution in [3.8, 4) is 12.0 Å². The molecule has 1 aromatic heterocycles. The topological polar surface area (TPSA) is 71.2 Å². The van der Waals surface area contributed by atoms with Gasteiger partial charge in [0.25, 0.3) is 6.26 Å². The summed E-state index contributed by atoms with van der Waals surface area (Å²) < 4.78 is 6.99. The SMILES string of the molecule is N#COc1ccc(C(c2cc3c4c(c2)CCN4C(=O)CC3)n2ccnc2)cc1. The molecule has 1 atom stereocenters. The van der Waals surface area contributed by atoms with Crippen molar-refractivity contribution in [3.05, 3.63) is 77.4 Å². The van der Waals surface area contributed by atoms with Crippen molar-refractivity contribution in [2.45, 2.75) is 25.3 Å². The van der Waals surface area contributed by atoms with E-state index in [1.54, 1.807) is 24.6 Å². The fourth-order valence-electron chi connectivity index (χ4n) is 4.37. The Labute approximate surface area is 162 Å². The number of benzene rings is 2. The number of hydrogen-bond acceptors (Lipinski definition) is 4. The molecule has 0 N–H and O–H groups in total. The standard InChI is InChI=1S/C22H18N4O2/c23-13-28-19-4-1-15(2-5-19)21(25-10-8-24-14-25)18-11-16-3-6-20(27)26-9-7-17(12-18)22(16)26/h1-2,4-5,8,10-12,14,21H,3,6-7,9H2. The molecule has 0 radical (unpaired) electrons. The van der Waals surface area contributed by atoms with Gasteiger partial charge in [0, 0.05) is 25.4 Å². The van der Waals surface area contributed by atoms with E-state index in [-0.39, 0.29) is 11.9 Å². The van der Waals surface area contributed by atoms with E-state index in [0.29, 0.717) is 12.2 Å². The van der Waals surface area contributed by atoms with Gasteiger partial charge >= 0.3 is 0 Å². The van der Waals surface area contributed by atoms with E-state index in [0.717, 1.165) is 30.6 Å². The molecule has 6 heteroatoms. The Morgan fingerprint density at radius 2 is 1.86 bits per heavy atom. The molecule has 138 valence electrons. The summed E-state index contributed by atoms with van der Waals surface area (Å²) in [7, 11) is 0. The van der Waals surface area contributed by atoms with Crippen LogP contribution in [-0.2, 0) is 17.6 Å². The van der Waals surface area contributed by atoms with Crippen LogP contribution in [-0.4, -0.2) is 22.0 Å². The van der Waals surface area contributed by atoms with Gasteiger partial charge < -0.3 is 14.2 Å². The smallest absolute Gasteiger partial charge is 0.292 e. The molecule has 0 spiro atoms. The molecule has 0 saturated heterocycles. The van der Waals surface area contributed by atoms with Crippen LogP contribution >= 0.6 is 0 Å². The van der Waals surface area contributed by atoms with Gasteiger partial charge in [0.15, 0.2) is 0 Å². The van der Waals surface area contributed by atoms with Crippen molar-refractivity contribution in [1.82, 2.24) is 9.55 Å². The van der Waals surface area contributed by atoms with Gasteiger partial charge in [0.2, 0.25) is 5.91 Å². The van der Waals surface area contributed by atoms with Crippen LogP contribution in [0.4, 0.5) is 5.69 Å². The highest BCUT2D eigenvalue weighted by atomic mass is 16.5. The molecule has 2 aromatic carbocycles. The number of hydrogen-bond donors (Lipinski definition) is 0. The summed E-state index contributed by atoms with van der Waals surface area (Å²) in [5.41, 5.74) is 5.88. The first-order valence-electron chi connectivity index (χ1n) is 9.34. The van der Waals surface area contributed by atoms with Crippen LogP contribution in [0.15, 0.2) is 55.1 Å². The zero-order valence-electron chi connectivity index (χ0n) is 15.2. The number of nitrogens with zero attached hydrogens (tertiary/aromatic N) is 4. The fraction of sp³-hybridized carbons (Fsp3) is 0.227. The lowest BCUT2D eigenvalue weighted by molar-refractivity contribution is -0.118. The van der Waals surface area contributed by atoms with Gasteiger partial charge in [-0.05, 0) is 47.2 Å². The fourth-order valence-corrected chi connectivity index (χ4v) is 4.37. The van der Waals surface area contributed by atoms with Crippen LogP contribution in [0, 0.1) is 11.5 Å². The van der Waals surface area contributed by atoms with Crippen molar-refractivity contribution in [2.75, 3.05) is 11.4 Å². The van der Waals surface area contributed by atoms with Crippen LogP contribution < -0.4 is 9.64 Å². The van der Waals surface area contributed by atoms with Crippen molar-refractivity contribution in [2.24, 2.45) is 0 Å². The van der Waals surface area contributed by atoms with E-state index in [4.69, 9.17) is 10.00 Å². The highest BCUT2D eigenvalue weighted by molar-refractivity contribution is 5.98. The van der Waals surface area contributed by atoms with Crippen LogP contribution in [0.3, 0.4) is 0 Å². The van der Waals surface area contributed by atoms with Gasteiger partial charge in [-0.15, -0.1) is 5.26 Å². The predicted molar refractivity (Wildman–Crippen MR) is 103 cm³/mol. The van der Waals surface area contributed by atoms with Gasteiger partial charge in [-0.1, -0.05) is 24.3 Å². The summed E-state index contributed by atoms with van der Waals surface area (Å²) in [6.07, 6.45) is 9.51. The molecule has 2 aliphatic heterocycles. The van der Waals surface area contributed by atoms with Crippen LogP contribution in [0.1, 0.15) is 34.7 Å². The highest BCUT2D eigenvalue weighted by Crippen LogP contribution is 2.40. The normalized spacial score (nSPS) is 15.8. The minimum atomic E-state index is -0.0353. The third-order valence-electron chi connectivity index (χ3n) is 5.57. The maximum Gasteiger partial charge on any atom is 0.292 e. The second-order valence-electron chi connectivity index (χ2n) is 7.16. The van der Waals surface area contributed by atoms with Crippen LogP contribution in [0.25, 0.3) is 0 Å². The number of nitriles is 1. The molecule has 2 aliphatic rings. The summed E-state index contributed by atoms with van der Waals surface area (Å²) in [6.45, 7) is 0.778. The average molecular weight is 370 g/mol. The van der Waals surface area contributed by atoms with Crippen LogP contribution in [0.5, 0.6) is 5.75 Å². The molecule has 0 saturated carbocycles. The Morgan fingerprint density at radius 3 is 2.57 bits per heavy atom. The minimum Gasteiger partial charge on any atom is -0.388 e. The molecule has 3 heterocycles. The lowest BCUT2D eigenvalue weighted by atomic mass is 9.91. The molecule has 6 nitrogen and oxygen atoms in total. The molecule has 0 fully saturated rings. The van der Waals surface area contributed by atoms with Crippen molar-refractivity contribution in [1.29, 1.82) is 5.26 Å². The number of anilines is 1. The Hall–Kier alpha value is -3.59. The Bertz CT molecular complexity index is 1080. The first-order chi connectivity index (χ1) is 13.7. The Kier molecular flexibility index (Phi) is 3.87. The van der Waals surface area contributed by atoms with Crippen molar-refractivity contribution < 1.29 is 9.53 Å². The number of aryl methyl sites for hydroxylation is 1. The summed E-state index contributed by atoms with van der Waals surface area (Å²) in [6, 6.07) is 12.0. The molecule has 1 amide bonds. The van der Waals surface area contributed by atoms with E-state index in [1.165, 1.54) is 16.7 Å². The lowest BCUT2D eigenvalue weighted by Gasteiger charge is -2.27. The van der Waals surface area contributed by atoms with E-state index in [9.17, 15) is 4.79 Å². The second-order valence-corrected chi connectivity index (χ2v) is 7.16. The quantitative estimate of drug-likeness (QED) is 0.661. The van der Waals surface area contributed by atoms with Gasteiger partial charge in [0.05, 0.1) is 18.1 Å². The van der Waals surface area contributed by atoms with Crippen molar-refractivity contribution in [3.63, 3.8) is 0 Å². The highest BCUT2D eigenvalue weighted by Gasteiger charge is 2.32. The average Bonchev–Trinajstić information content (AvgIpc) is 3.38. The molecule has 0 aliphatic carbocycles. The first-order valence-corrected chi connectivity index (χ1v) is 9.34. The zero-order valence-corrected chi connectivity index (χ0v) is 15.2. The first kappa shape index (κ1) is 16.6. The maximum absolute atomic E-state index is 12.2. The number of carbonyl (C=O) groups is 1. The molecular formula is C22H18N4O2. The molecule has 1 unspecified atom stereocenters. The zero-order chi connectivity index (χ0) is 19.1. The van der Waals surface area contributed by atoms with E-state index < -0.39 is 0 Å². The number of ether oxygens (including phenoxy) is 1. The number of carbonyl (C=O) groups excluding carboxylic acids is 1. The number of aromatic nitrogens is 2. The lowest BCUT2D eigenvalue weighted by Crippen LogP contribution is -2.32. The van der Waals surface area contributed by atoms with Gasteiger partial charge in [-0.3, -0.25) is 4.79 Å². The predicted octanol–water partition coefficient (Wildman–Crippen LogP) is 3.22. The third kappa shape index (κ3) is 2.64. The molecule has 28 heavy (non-hydrogen) atoms. The number of amides is 1.